The third kappa shape index (κ3) is 2.97. The van der Waals surface area contributed by atoms with Crippen molar-refractivity contribution in [2.45, 2.75) is 18.7 Å². The van der Waals surface area contributed by atoms with Gasteiger partial charge in [0, 0.05) is 5.69 Å². The molecule has 0 aliphatic rings. The molecule has 112 valence electrons. The van der Waals surface area contributed by atoms with E-state index in [2.05, 4.69) is 4.72 Å². The van der Waals surface area contributed by atoms with E-state index in [4.69, 9.17) is 5.73 Å². The van der Waals surface area contributed by atoms with E-state index in [0.717, 1.165) is 17.7 Å². The first kappa shape index (κ1) is 15.2. The van der Waals surface area contributed by atoms with Gasteiger partial charge in [0.25, 0.3) is 10.0 Å². The van der Waals surface area contributed by atoms with Crippen molar-refractivity contribution in [2.75, 3.05) is 10.5 Å². The summed E-state index contributed by atoms with van der Waals surface area (Å²) in [5.41, 5.74) is 6.89. The Labute approximate surface area is 121 Å². The van der Waals surface area contributed by atoms with Gasteiger partial charge in [-0.2, -0.15) is 0 Å². The average molecular weight is 312 g/mol. The Morgan fingerprint density at radius 2 is 1.67 bits per heavy atom. The standard InChI is InChI=1S/C14H14F2N2O2S/c1-8-4-3-5-13(9(8)2)18-21(19,20)14-11(15)6-10(17)7-12(14)16/h3-7,18H,17H2,1-2H3. The molecule has 0 amide bonds. The predicted octanol–water partition coefficient (Wildman–Crippen LogP) is 2.96. The topological polar surface area (TPSA) is 72.2 Å². The molecule has 0 saturated heterocycles. The summed E-state index contributed by atoms with van der Waals surface area (Å²) in [7, 11) is -4.39. The molecule has 0 spiro atoms. The van der Waals surface area contributed by atoms with E-state index >= 15 is 0 Å². The number of nitrogens with one attached hydrogen (secondary N) is 1. The second kappa shape index (κ2) is 5.33. The van der Waals surface area contributed by atoms with Crippen molar-refractivity contribution in [3.05, 3.63) is 53.1 Å². The summed E-state index contributed by atoms with van der Waals surface area (Å²) in [5.74, 6) is -2.46. The summed E-state index contributed by atoms with van der Waals surface area (Å²) in [5, 5.41) is 0. The molecule has 0 aliphatic heterocycles. The van der Waals surface area contributed by atoms with Crippen LogP contribution in [0, 0.1) is 25.5 Å². The molecule has 0 bridgehead atoms. The van der Waals surface area contributed by atoms with E-state index in [-0.39, 0.29) is 11.4 Å². The first-order valence-electron chi connectivity index (χ1n) is 6.06. The minimum absolute atomic E-state index is 0.185. The van der Waals surface area contributed by atoms with Gasteiger partial charge >= 0.3 is 0 Å². The zero-order valence-corrected chi connectivity index (χ0v) is 12.3. The maximum absolute atomic E-state index is 13.8. The number of rotatable bonds is 3. The molecule has 7 heteroatoms. The van der Waals surface area contributed by atoms with Crippen molar-refractivity contribution in [2.24, 2.45) is 0 Å². The second-order valence-corrected chi connectivity index (χ2v) is 6.29. The molecule has 0 atom stereocenters. The van der Waals surface area contributed by atoms with Gasteiger partial charge in [0.1, 0.15) is 11.6 Å². The lowest BCUT2D eigenvalue weighted by atomic mass is 10.1. The predicted molar refractivity (Wildman–Crippen MR) is 77.5 cm³/mol. The third-order valence-electron chi connectivity index (χ3n) is 3.14. The van der Waals surface area contributed by atoms with Gasteiger partial charge in [-0.15, -0.1) is 0 Å². The van der Waals surface area contributed by atoms with Crippen LogP contribution in [0.5, 0.6) is 0 Å². The smallest absolute Gasteiger partial charge is 0.267 e. The fraction of sp³-hybridized carbons (Fsp3) is 0.143. The van der Waals surface area contributed by atoms with E-state index in [0.29, 0.717) is 5.56 Å². The van der Waals surface area contributed by atoms with Gasteiger partial charge < -0.3 is 5.73 Å². The Hall–Kier alpha value is -2.15. The maximum Gasteiger partial charge on any atom is 0.267 e. The summed E-state index contributed by atoms with van der Waals surface area (Å²) < 4.78 is 54.1. The number of halogens is 2. The summed E-state index contributed by atoms with van der Waals surface area (Å²) in [6.45, 7) is 3.51. The molecule has 0 aliphatic carbocycles. The van der Waals surface area contributed by atoms with Gasteiger partial charge in [-0.3, -0.25) is 4.72 Å². The lowest BCUT2D eigenvalue weighted by molar-refractivity contribution is 0.522. The Kier molecular flexibility index (Phi) is 3.87. The van der Waals surface area contributed by atoms with E-state index in [1.165, 1.54) is 6.07 Å². The number of benzene rings is 2. The Bertz CT molecular complexity index is 782. The van der Waals surface area contributed by atoms with Crippen molar-refractivity contribution >= 4 is 21.4 Å². The number of nitrogens with two attached hydrogens (primary N) is 1. The van der Waals surface area contributed by atoms with Crippen LogP contribution in [0.3, 0.4) is 0 Å². The minimum atomic E-state index is -4.39. The van der Waals surface area contributed by atoms with Crippen molar-refractivity contribution in [3.63, 3.8) is 0 Å². The summed E-state index contributed by atoms with van der Waals surface area (Å²) in [4.78, 5) is -1.04. The molecule has 2 rings (SSSR count). The van der Waals surface area contributed by atoms with Crippen LogP contribution in [-0.4, -0.2) is 8.42 Å². The molecule has 21 heavy (non-hydrogen) atoms. The van der Waals surface area contributed by atoms with Crippen molar-refractivity contribution in [3.8, 4) is 0 Å². The molecular formula is C14H14F2N2O2S. The van der Waals surface area contributed by atoms with Crippen LogP contribution in [0.4, 0.5) is 20.2 Å². The summed E-state index contributed by atoms with van der Waals surface area (Å²) >= 11 is 0. The van der Waals surface area contributed by atoms with Crippen molar-refractivity contribution < 1.29 is 17.2 Å². The maximum atomic E-state index is 13.8. The molecule has 0 unspecified atom stereocenters. The minimum Gasteiger partial charge on any atom is -0.399 e. The van der Waals surface area contributed by atoms with Gasteiger partial charge in [-0.05, 0) is 43.2 Å². The lowest BCUT2D eigenvalue weighted by Crippen LogP contribution is -2.17. The summed E-state index contributed by atoms with van der Waals surface area (Å²) in [6, 6.07) is 6.50. The van der Waals surface area contributed by atoms with Gasteiger partial charge in [-0.25, -0.2) is 17.2 Å². The highest BCUT2D eigenvalue weighted by atomic mass is 32.2. The van der Waals surface area contributed by atoms with Crippen LogP contribution >= 0.6 is 0 Å². The van der Waals surface area contributed by atoms with Gasteiger partial charge in [0.05, 0.1) is 5.69 Å². The van der Waals surface area contributed by atoms with Crippen LogP contribution in [0.2, 0.25) is 0 Å². The average Bonchev–Trinajstić information content (AvgIpc) is 2.33. The van der Waals surface area contributed by atoms with Crippen molar-refractivity contribution in [1.82, 2.24) is 0 Å². The number of aryl methyl sites for hydroxylation is 1. The van der Waals surface area contributed by atoms with E-state index < -0.39 is 26.6 Å². The van der Waals surface area contributed by atoms with Crippen LogP contribution in [0.15, 0.2) is 35.2 Å². The molecular weight excluding hydrogens is 298 g/mol. The fourth-order valence-corrected chi connectivity index (χ4v) is 3.14. The molecule has 2 aromatic rings. The van der Waals surface area contributed by atoms with E-state index in [1.807, 2.05) is 0 Å². The number of anilines is 2. The number of nitrogen functional groups attached to an aromatic ring is 1. The largest absolute Gasteiger partial charge is 0.399 e. The van der Waals surface area contributed by atoms with Crippen LogP contribution in [-0.2, 0) is 10.0 Å². The quantitative estimate of drug-likeness (QED) is 0.856. The Balaban J connectivity index is 2.51. The molecule has 0 heterocycles. The highest BCUT2D eigenvalue weighted by Gasteiger charge is 2.25. The van der Waals surface area contributed by atoms with Gasteiger partial charge in [0.2, 0.25) is 0 Å². The number of hydrogen-bond donors (Lipinski definition) is 2. The van der Waals surface area contributed by atoms with Crippen LogP contribution in [0.1, 0.15) is 11.1 Å². The van der Waals surface area contributed by atoms with Gasteiger partial charge in [0.15, 0.2) is 4.90 Å². The lowest BCUT2D eigenvalue weighted by Gasteiger charge is -2.13. The molecule has 0 saturated carbocycles. The number of hydrogen-bond acceptors (Lipinski definition) is 3. The zero-order valence-electron chi connectivity index (χ0n) is 11.4. The first-order valence-corrected chi connectivity index (χ1v) is 7.54. The molecule has 0 aromatic heterocycles. The zero-order chi connectivity index (χ0) is 15.8. The molecule has 4 nitrogen and oxygen atoms in total. The Morgan fingerprint density at radius 1 is 1.10 bits per heavy atom. The first-order chi connectivity index (χ1) is 9.72. The Morgan fingerprint density at radius 3 is 2.24 bits per heavy atom. The number of sulfonamides is 1. The fourth-order valence-electron chi connectivity index (χ4n) is 1.89. The second-order valence-electron chi connectivity index (χ2n) is 4.67. The van der Waals surface area contributed by atoms with Crippen molar-refractivity contribution in [1.29, 1.82) is 0 Å². The normalized spacial score (nSPS) is 11.4. The van der Waals surface area contributed by atoms with Gasteiger partial charge in [-0.1, -0.05) is 12.1 Å². The molecule has 2 aromatic carbocycles. The molecule has 0 radical (unpaired) electrons. The molecule has 3 N–H and O–H groups in total. The molecule has 0 fully saturated rings. The monoisotopic (exact) mass is 312 g/mol. The highest BCUT2D eigenvalue weighted by Crippen LogP contribution is 2.26. The van der Waals surface area contributed by atoms with Crippen LogP contribution in [0.25, 0.3) is 0 Å². The van der Waals surface area contributed by atoms with E-state index in [1.54, 1.807) is 26.0 Å². The third-order valence-corrected chi connectivity index (χ3v) is 4.55. The summed E-state index contributed by atoms with van der Waals surface area (Å²) in [6.07, 6.45) is 0. The van der Waals surface area contributed by atoms with E-state index in [9.17, 15) is 17.2 Å². The highest BCUT2D eigenvalue weighted by molar-refractivity contribution is 7.92. The van der Waals surface area contributed by atoms with Crippen LogP contribution < -0.4 is 10.5 Å². The SMILES string of the molecule is Cc1cccc(NS(=O)(=O)c2c(F)cc(N)cc2F)c1C.